The Morgan fingerprint density at radius 2 is 1.69 bits per heavy atom. The number of rotatable bonds is 9. The zero-order valence-electron chi connectivity index (χ0n) is 10.3. The van der Waals surface area contributed by atoms with E-state index in [4.69, 9.17) is 16.3 Å². The van der Waals surface area contributed by atoms with Gasteiger partial charge in [0.25, 0.3) is 0 Å². The number of carbonyl (C=O) groups excluding carboxylic acids is 1. The molecule has 0 aliphatic carbocycles. The largest absolute Gasteiger partial charge is 0.509 e. The van der Waals surface area contributed by atoms with Crippen molar-refractivity contribution in [1.29, 1.82) is 0 Å². The van der Waals surface area contributed by atoms with Crippen molar-refractivity contribution in [2.24, 2.45) is 0 Å². The lowest BCUT2D eigenvalue weighted by Gasteiger charge is -2.07. The second-order valence-corrected chi connectivity index (χ2v) is 4.50. The number of alkyl halides is 1. The van der Waals surface area contributed by atoms with Crippen LogP contribution in [-0.2, 0) is 9.47 Å². The SMILES string of the molecule is CCCCCCCCCOC(=O)OC(C)Cl. The Bertz CT molecular complexity index is 172. The van der Waals surface area contributed by atoms with Gasteiger partial charge in [0.15, 0.2) is 5.56 Å². The predicted molar refractivity (Wildman–Crippen MR) is 65.7 cm³/mol. The first-order chi connectivity index (χ1) is 7.66. The summed E-state index contributed by atoms with van der Waals surface area (Å²) >= 11 is 5.46. The molecule has 1 unspecified atom stereocenters. The Labute approximate surface area is 103 Å². The molecular formula is C12H23ClO3. The van der Waals surface area contributed by atoms with Crippen molar-refractivity contribution in [2.75, 3.05) is 6.61 Å². The van der Waals surface area contributed by atoms with Gasteiger partial charge in [-0.2, -0.15) is 0 Å². The third kappa shape index (κ3) is 11.6. The van der Waals surface area contributed by atoms with Gasteiger partial charge in [-0.3, -0.25) is 0 Å². The third-order valence-electron chi connectivity index (χ3n) is 2.23. The maximum atomic E-state index is 10.9. The molecule has 0 rings (SSSR count). The third-order valence-corrected chi connectivity index (χ3v) is 2.32. The first-order valence-electron chi connectivity index (χ1n) is 6.14. The van der Waals surface area contributed by atoms with E-state index >= 15 is 0 Å². The fourth-order valence-electron chi connectivity index (χ4n) is 1.38. The molecule has 0 amide bonds. The molecule has 0 N–H and O–H groups in total. The van der Waals surface area contributed by atoms with Gasteiger partial charge in [0.2, 0.25) is 0 Å². The van der Waals surface area contributed by atoms with Crippen LogP contribution in [0.2, 0.25) is 0 Å². The molecule has 0 fully saturated rings. The fourth-order valence-corrected chi connectivity index (χ4v) is 1.45. The van der Waals surface area contributed by atoms with Crippen LogP contribution in [0.15, 0.2) is 0 Å². The first kappa shape index (κ1) is 15.6. The molecule has 96 valence electrons. The highest BCUT2D eigenvalue weighted by atomic mass is 35.5. The van der Waals surface area contributed by atoms with Gasteiger partial charge >= 0.3 is 6.16 Å². The van der Waals surface area contributed by atoms with Gasteiger partial charge in [0, 0.05) is 0 Å². The summed E-state index contributed by atoms with van der Waals surface area (Å²) in [4.78, 5) is 10.9. The standard InChI is InChI=1S/C12H23ClO3/c1-3-4-5-6-7-8-9-10-15-12(14)16-11(2)13/h11H,3-10H2,1-2H3. The zero-order chi connectivity index (χ0) is 12.2. The smallest absolute Gasteiger partial charge is 0.434 e. The van der Waals surface area contributed by atoms with E-state index in [1.807, 2.05) is 0 Å². The van der Waals surface area contributed by atoms with Gasteiger partial charge in [0.1, 0.15) is 0 Å². The van der Waals surface area contributed by atoms with E-state index in [0.717, 1.165) is 12.8 Å². The molecule has 16 heavy (non-hydrogen) atoms. The van der Waals surface area contributed by atoms with Crippen molar-refractivity contribution in [2.45, 2.75) is 64.4 Å². The molecule has 0 aromatic carbocycles. The van der Waals surface area contributed by atoms with E-state index in [9.17, 15) is 4.79 Å². The summed E-state index contributed by atoms with van der Waals surface area (Å²) < 4.78 is 9.45. The molecule has 0 saturated carbocycles. The van der Waals surface area contributed by atoms with Crippen LogP contribution in [0.4, 0.5) is 4.79 Å². The van der Waals surface area contributed by atoms with E-state index < -0.39 is 11.7 Å². The van der Waals surface area contributed by atoms with Gasteiger partial charge in [0.05, 0.1) is 6.61 Å². The predicted octanol–water partition coefficient (Wildman–Crippen LogP) is 4.48. The number of hydrogen-bond donors (Lipinski definition) is 0. The molecule has 1 atom stereocenters. The highest BCUT2D eigenvalue weighted by Crippen LogP contribution is 2.07. The van der Waals surface area contributed by atoms with Crippen molar-refractivity contribution >= 4 is 17.8 Å². The molecule has 0 aliphatic rings. The zero-order valence-corrected chi connectivity index (χ0v) is 11.1. The van der Waals surface area contributed by atoms with Gasteiger partial charge in [-0.25, -0.2) is 4.79 Å². The average Bonchev–Trinajstić information content (AvgIpc) is 2.21. The van der Waals surface area contributed by atoms with Crippen LogP contribution in [0.5, 0.6) is 0 Å². The Morgan fingerprint density at radius 1 is 1.12 bits per heavy atom. The van der Waals surface area contributed by atoms with Crippen LogP contribution in [0.3, 0.4) is 0 Å². The summed E-state index contributed by atoms with van der Waals surface area (Å²) in [6, 6.07) is 0. The Balaban J connectivity index is 3.11. The summed E-state index contributed by atoms with van der Waals surface area (Å²) in [6.45, 7) is 4.21. The second-order valence-electron chi connectivity index (χ2n) is 3.88. The number of unbranched alkanes of at least 4 members (excludes halogenated alkanes) is 6. The summed E-state index contributed by atoms with van der Waals surface area (Å²) in [6.07, 6.45) is 7.71. The summed E-state index contributed by atoms with van der Waals surface area (Å²) in [5.41, 5.74) is -0.624. The fraction of sp³-hybridized carbons (Fsp3) is 0.917. The number of hydrogen-bond acceptors (Lipinski definition) is 3. The molecular weight excluding hydrogens is 228 g/mol. The number of ether oxygens (including phenoxy) is 2. The minimum atomic E-state index is -0.673. The Morgan fingerprint density at radius 3 is 2.25 bits per heavy atom. The van der Waals surface area contributed by atoms with Crippen molar-refractivity contribution in [3.63, 3.8) is 0 Å². The van der Waals surface area contributed by atoms with Crippen molar-refractivity contribution in [1.82, 2.24) is 0 Å². The van der Waals surface area contributed by atoms with Gasteiger partial charge in [-0.1, -0.05) is 57.0 Å². The highest BCUT2D eigenvalue weighted by molar-refractivity contribution is 6.19. The van der Waals surface area contributed by atoms with Crippen molar-refractivity contribution < 1.29 is 14.3 Å². The summed E-state index contributed by atoms with van der Waals surface area (Å²) in [5, 5.41) is 0. The lowest BCUT2D eigenvalue weighted by atomic mass is 10.1. The molecule has 0 heterocycles. The molecule has 0 bridgehead atoms. The molecule has 4 heteroatoms. The quantitative estimate of drug-likeness (QED) is 0.344. The molecule has 0 radical (unpaired) electrons. The van der Waals surface area contributed by atoms with Crippen molar-refractivity contribution in [3.05, 3.63) is 0 Å². The van der Waals surface area contributed by atoms with E-state index in [1.54, 1.807) is 6.92 Å². The number of carbonyl (C=O) groups is 1. The molecule has 0 spiro atoms. The minimum Gasteiger partial charge on any atom is -0.434 e. The lowest BCUT2D eigenvalue weighted by Crippen LogP contribution is -2.12. The Kier molecular flexibility index (Phi) is 10.8. The molecule has 0 aliphatic heterocycles. The second kappa shape index (κ2) is 11.1. The van der Waals surface area contributed by atoms with Gasteiger partial charge in [-0.05, 0) is 13.3 Å². The summed E-state index contributed by atoms with van der Waals surface area (Å²) in [7, 11) is 0. The van der Waals surface area contributed by atoms with E-state index in [1.165, 1.54) is 32.1 Å². The van der Waals surface area contributed by atoms with Crippen LogP contribution < -0.4 is 0 Å². The highest BCUT2D eigenvalue weighted by Gasteiger charge is 2.06. The van der Waals surface area contributed by atoms with E-state index in [0.29, 0.717) is 6.61 Å². The lowest BCUT2D eigenvalue weighted by molar-refractivity contribution is 0.0486. The monoisotopic (exact) mass is 250 g/mol. The summed E-state index contributed by atoms with van der Waals surface area (Å²) in [5.74, 6) is 0. The molecule has 0 aromatic heterocycles. The van der Waals surface area contributed by atoms with E-state index in [2.05, 4.69) is 11.7 Å². The van der Waals surface area contributed by atoms with Crippen LogP contribution in [0.1, 0.15) is 58.8 Å². The molecule has 0 saturated heterocycles. The van der Waals surface area contributed by atoms with Crippen LogP contribution in [0.25, 0.3) is 0 Å². The van der Waals surface area contributed by atoms with Crippen LogP contribution in [-0.4, -0.2) is 18.3 Å². The van der Waals surface area contributed by atoms with Gasteiger partial charge < -0.3 is 9.47 Å². The maximum Gasteiger partial charge on any atom is 0.509 e. The number of halogens is 1. The van der Waals surface area contributed by atoms with Crippen molar-refractivity contribution in [3.8, 4) is 0 Å². The van der Waals surface area contributed by atoms with E-state index in [-0.39, 0.29) is 0 Å². The topological polar surface area (TPSA) is 35.5 Å². The normalized spacial score (nSPS) is 12.2. The maximum absolute atomic E-state index is 10.9. The molecule has 3 nitrogen and oxygen atoms in total. The first-order valence-corrected chi connectivity index (χ1v) is 6.58. The van der Waals surface area contributed by atoms with Crippen LogP contribution in [0, 0.1) is 0 Å². The Hall–Kier alpha value is -0.440. The average molecular weight is 251 g/mol. The van der Waals surface area contributed by atoms with Gasteiger partial charge in [-0.15, -0.1) is 0 Å². The molecule has 0 aromatic rings. The minimum absolute atomic E-state index is 0.427. The van der Waals surface area contributed by atoms with Crippen LogP contribution >= 0.6 is 11.6 Å².